The van der Waals surface area contributed by atoms with Crippen LogP contribution in [0.5, 0.6) is 5.75 Å². The average Bonchev–Trinajstić information content (AvgIpc) is 2.92. The zero-order chi connectivity index (χ0) is 18.5. The Morgan fingerprint density at radius 1 is 1.23 bits per heavy atom. The zero-order valence-corrected chi connectivity index (χ0v) is 15.7. The van der Waals surface area contributed by atoms with Crippen LogP contribution in [0, 0.1) is 5.92 Å². The summed E-state index contributed by atoms with van der Waals surface area (Å²) in [7, 11) is 1.56. The maximum absolute atomic E-state index is 12.5. The second-order valence-electron chi connectivity index (χ2n) is 7.01. The Bertz CT molecular complexity index is 756. The normalized spacial score (nSPS) is 14.8. The van der Waals surface area contributed by atoms with Crippen LogP contribution in [0.25, 0.3) is 0 Å². The number of fused-ring (bicyclic) bond motifs is 1. The lowest BCUT2D eigenvalue weighted by atomic mass is 10.2. The Morgan fingerprint density at radius 3 is 2.81 bits per heavy atom. The van der Waals surface area contributed by atoms with Gasteiger partial charge in [-0.1, -0.05) is 26.0 Å². The maximum Gasteiger partial charge on any atom is 0.255 e. The zero-order valence-electron chi connectivity index (χ0n) is 15.7. The van der Waals surface area contributed by atoms with Crippen molar-refractivity contribution >= 4 is 5.91 Å². The number of carbonyl (C=O) groups is 1. The van der Waals surface area contributed by atoms with Crippen molar-refractivity contribution in [3.63, 3.8) is 0 Å². The van der Waals surface area contributed by atoms with Crippen LogP contribution in [-0.2, 0) is 19.5 Å². The number of ether oxygens (including phenoxy) is 1. The minimum atomic E-state index is -0.171. The summed E-state index contributed by atoms with van der Waals surface area (Å²) in [6.45, 7) is 8.77. The van der Waals surface area contributed by atoms with Crippen molar-refractivity contribution in [3.05, 3.63) is 41.5 Å². The number of nitrogens with one attached hydrogen (secondary N) is 1. The highest BCUT2D eigenvalue weighted by molar-refractivity contribution is 5.96. The van der Waals surface area contributed by atoms with Crippen LogP contribution in [0.3, 0.4) is 0 Å². The van der Waals surface area contributed by atoms with Crippen LogP contribution in [0.4, 0.5) is 0 Å². The molecular formula is C19H27N5O2. The van der Waals surface area contributed by atoms with E-state index in [2.05, 4.69) is 38.8 Å². The first kappa shape index (κ1) is 18.4. The highest BCUT2D eigenvalue weighted by Gasteiger charge is 2.20. The Morgan fingerprint density at radius 2 is 2.04 bits per heavy atom. The fourth-order valence-electron chi connectivity index (χ4n) is 3.34. The van der Waals surface area contributed by atoms with Crippen LogP contribution in [-0.4, -0.2) is 52.3 Å². The van der Waals surface area contributed by atoms with E-state index in [0.29, 0.717) is 23.8 Å². The van der Waals surface area contributed by atoms with Crippen LogP contribution < -0.4 is 10.1 Å². The van der Waals surface area contributed by atoms with Crippen molar-refractivity contribution in [3.8, 4) is 5.75 Å². The van der Waals surface area contributed by atoms with Gasteiger partial charge >= 0.3 is 0 Å². The molecule has 140 valence electrons. The molecule has 26 heavy (non-hydrogen) atoms. The van der Waals surface area contributed by atoms with E-state index in [0.717, 1.165) is 44.2 Å². The molecule has 1 aliphatic heterocycles. The van der Waals surface area contributed by atoms with E-state index >= 15 is 0 Å². The van der Waals surface area contributed by atoms with E-state index in [4.69, 9.17) is 4.74 Å². The summed E-state index contributed by atoms with van der Waals surface area (Å²) < 4.78 is 7.40. The van der Waals surface area contributed by atoms with Crippen LogP contribution in [0.1, 0.15) is 35.9 Å². The van der Waals surface area contributed by atoms with Gasteiger partial charge in [-0.15, -0.1) is 10.2 Å². The molecule has 1 amide bonds. The Balaban J connectivity index is 1.64. The van der Waals surface area contributed by atoms with Crippen LogP contribution in [0.15, 0.2) is 24.3 Å². The number of aromatic nitrogens is 3. The summed E-state index contributed by atoms with van der Waals surface area (Å²) in [5, 5.41) is 11.5. The molecule has 1 N–H and O–H groups in total. The van der Waals surface area contributed by atoms with Gasteiger partial charge in [0.1, 0.15) is 11.6 Å². The van der Waals surface area contributed by atoms with Crippen molar-refractivity contribution in [1.29, 1.82) is 0 Å². The minimum absolute atomic E-state index is 0.171. The molecule has 3 rings (SSSR count). The number of methoxy groups -OCH3 is 1. The molecule has 0 aliphatic carbocycles. The van der Waals surface area contributed by atoms with Crippen molar-refractivity contribution in [2.75, 3.05) is 26.7 Å². The molecule has 1 aromatic heterocycles. The molecule has 7 heteroatoms. The highest BCUT2D eigenvalue weighted by Crippen LogP contribution is 2.17. The average molecular weight is 357 g/mol. The lowest BCUT2D eigenvalue weighted by molar-refractivity contribution is 0.0946. The van der Waals surface area contributed by atoms with Gasteiger partial charge in [-0.25, -0.2) is 0 Å². The molecule has 1 aromatic carbocycles. The number of para-hydroxylation sites is 1. The first-order valence-corrected chi connectivity index (χ1v) is 9.13. The quantitative estimate of drug-likeness (QED) is 0.852. The first-order chi connectivity index (χ1) is 12.6. The molecule has 0 bridgehead atoms. The van der Waals surface area contributed by atoms with E-state index in [-0.39, 0.29) is 5.91 Å². The fourth-order valence-corrected chi connectivity index (χ4v) is 3.34. The number of rotatable bonds is 6. The number of amides is 1. The van der Waals surface area contributed by atoms with Crippen molar-refractivity contribution in [2.45, 2.75) is 33.4 Å². The molecule has 0 atom stereocenters. The number of benzene rings is 1. The van der Waals surface area contributed by atoms with Gasteiger partial charge in [0.2, 0.25) is 0 Å². The van der Waals surface area contributed by atoms with E-state index in [1.54, 1.807) is 19.2 Å². The van der Waals surface area contributed by atoms with E-state index < -0.39 is 0 Å². The predicted molar refractivity (Wildman–Crippen MR) is 99.2 cm³/mol. The summed E-state index contributed by atoms with van der Waals surface area (Å²) >= 11 is 0. The molecule has 0 fully saturated rings. The molecule has 0 radical (unpaired) electrons. The molecule has 1 aliphatic rings. The Hall–Kier alpha value is -2.41. The molecule has 0 saturated carbocycles. The number of carbonyl (C=O) groups excluding carboxylic acids is 1. The van der Waals surface area contributed by atoms with Gasteiger partial charge in [-0.3, -0.25) is 4.79 Å². The molecule has 2 heterocycles. The van der Waals surface area contributed by atoms with Crippen molar-refractivity contribution < 1.29 is 9.53 Å². The minimum Gasteiger partial charge on any atom is -0.496 e. The van der Waals surface area contributed by atoms with Gasteiger partial charge in [0.15, 0.2) is 5.82 Å². The summed E-state index contributed by atoms with van der Waals surface area (Å²) in [6.07, 6.45) is 0.889. The second-order valence-corrected chi connectivity index (χ2v) is 7.01. The molecule has 0 saturated heterocycles. The lowest BCUT2D eigenvalue weighted by Gasteiger charge is -2.21. The van der Waals surface area contributed by atoms with Gasteiger partial charge < -0.3 is 19.5 Å². The Kier molecular flexibility index (Phi) is 5.88. The van der Waals surface area contributed by atoms with Gasteiger partial charge in [0.05, 0.1) is 19.2 Å². The number of hydrogen-bond donors (Lipinski definition) is 1. The second kappa shape index (κ2) is 8.31. The molecule has 0 unspecified atom stereocenters. The van der Waals surface area contributed by atoms with E-state index in [9.17, 15) is 4.79 Å². The predicted octanol–water partition coefficient (Wildman–Crippen LogP) is 1.73. The summed E-state index contributed by atoms with van der Waals surface area (Å²) in [4.78, 5) is 14.9. The fraction of sp³-hybridized carbons (Fsp3) is 0.526. The van der Waals surface area contributed by atoms with E-state index in [1.165, 1.54) is 0 Å². The standard InChI is InChI=1S/C19H27N5O2/c1-14(2)13-23-9-8-17-21-22-18(24(17)11-10-23)12-20-19(25)15-6-4-5-7-16(15)26-3/h4-7,14H,8-13H2,1-3H3,(H,20,25). The molecule has 2 aromatic rings. The van der Waals surface area contributed by atoms with Crippen LogP contribution in [0.2, 0.25) is 0 Å². The third kappa shape index (κ3) is 4.22. The first-order valence-electron chi connectivity index (χ1n) is 9.13. The third-order valence-electron chi connectivity index (χ3n) is 4.58. The van der Waals surface area contributed by atoms with Crippen molar-refractivity contribution in [2.24, 2.45) is 5.92 Å². The summed E-state index contributed by atoms with van der Waals surface area (Å²) in [5.74, 6) is 2.84. The molecule has 7 nitrogen and oxygen atoms in total. The molecular weight excluding hydrogens is 330 g/mol. The summed E-state index contributed by atoms with van der Waals surface area (Å²) in [5.41, 5.74) is 0.522. The Labute approximate surface area is 154 Å². The van der Waals surface area contributed by atoms with Crippen LogP contribution >= 0.6 is 0 Å². The monoisotopic (exact) mass is 357 g/mol. The highest BCUT2D eigenvalue weighted by atomic mass is 16.5. The summed E-state index contributed by atoms with van der Waals surface area (Å²) in [6, 6.07) is 7.20. The smallest absolute Gasteiger partial charge is 0.255 e. The SMILES string of the molecule is COc1ccccc1C(=O)NCc1nnc2n1CCN(CC(C)C)CC2. The van der Waals surface area contributed by atoms with E-state index in [1.807, 2.05) is 12.1 Å². The maximum atomic E-state index is 12.5. The van der Waals surface area contributed by atoms with Gasteiger partial charge in [0.25, 0.3) is 5.91 Å². The van der Waals surface area contributed by atoms with Gasteiger partial charge in [0, 0.05) is 32.6 Å². The van der Waals surface area contributed by atoms with Crippen molar-refractivity contribution in [1.82, 2.24) is 25.0 Å². The lowest BCUT2D eigenvalue weighted by Crippen LogP contribution is -2.31. The van der Waals surface area contributed by atoms with Gasteiger partial charge in [-0.2, -0.15) is 0 Å². The number of hydrogen-bond acceptors (Lipinski definition) is 5. The van der Waals surface area contributed by atoms with Gasteiger partial charge in [-0.05, 0) is 18.1 Å². The third-order valence-corrected chi connectivity index (χ3v) is 4.58. The topological polar surface area (TPSA) is 72.3 Å². The largest absolute Gasteiger partial charge is 0.496 e. The molecule has 0 spiro atoms. The number of nitrogens with zero attached hydrogens (tertiary/aromatic N) is 4.